The van der Waals surface area contributed by atoms with Gasteiger partial charge in [0.05, 0.1) is 28.7 Å². The largest absolute Gasteiger partial charge is 0.393 e. The summed E-state index contributed by atoms with van der Waals surface area (Å²) in [5.74, 6) is -0.433. The standard InChI is InChI=1S/C10H15N3OS2/c1-6(2)8(9(11)15)10(14)12-3-7-4-16-5-13-7/h4-6,8H,3H2,1-2H3,(H2,11,15)(H,12,14). The van der Waals surface area contributed by atoms with Crippen molar-refractivity contribution in [2.75, 3.05) is 0 Å². The molecule has 1 aromatic rings. The van der Waals surface area contributed by atoms with E-state index in [0.717, 1.165) is 5.69 Å². The van der Waals surface area contributed by atoms with Gasteiger partial charge >= 0.3 is 0 Å². The molecule has 4 nitrogen and oxygen atoms in total. The fourth-order valence-electron chi connectivity index (χ4n) is 1.37. The monoisotopic (exact) mass is 257 g/mol. The number of hydrogen-bond donors (Lipinski definition) is 2. The highest BCUT2D eigenvalue weighted by Gasteiger charge is 2.24. The Morgan fingerprint density at radius 3 is 2.81 bits per heavy atom. The van der Waals surface area contributed by atoms with Crippen molar-refractivity contribution in [3.8, 4) is 0 Å². The Morgan fingerprint density at radius 2 is 2.38 bits per heavy atom. The van der Waals surface area contributed by atoms with E-state index in [1.54, 1.807) is 5.51 Å². The summed E-state index contributed by atoms with van der Waals surface area (Å²) in [5, 5.41) is 4.68. The van der Waals surface area contributed by atoms with Crippen LogP contribution >= 0.6 is 23.6 Å². The van der Waals surface area contributed by atoms with Gasteiger partial charge < -0.3 is 11.1 Å². The van der Waals surface area contributed by atoms with E-state index >= 15 is 0 Å². The van der Waals surface area contributed by atoms with Crippen molar-refractivity contribution in [2.24, 2.45) is 17.6 Å². The summed E-state index contributed by atoms with van der Waals surface area (Å²) in [6, 6.07) is 0. The van der Waals surface area contributed by atoms with E-state index in [9.17, 15) is 4.79 Å². The third-order valence-electron chi connectivity index (χ3n) is 2.18. The number of thiazole rings is 1. The third-order valence-corrected chi connectivity index (χ3v) is 3.07. The minimum atomic E-state index is -0.409. The van der Waals surface area contributed by atoms with Gasteiger partial charge in [0.1, 0.15) is 0 Å². The molecule has 6 heteroatoms. The molecule has 0 radical (unpaired) electrons. The van der Waals surface area contributed by atoms with E-state index in [4.69, 9.17) is 18.0 Å². The van der Waals surface area contributed by atoms with E-state index in [0.29, 0.717) is 6.54 Å². The lowest BCUT2D eigenvalue weighted by Gasteiger charge is -2.18. The van der Waals surface area contributed by atoms with Gasteiger partial charge in [0, 0.05) is 5.38 Å². The minimum Gasteiger partial charge on any atom is -0.393 e. The summed E-state index contributed by atoms with van der Waals surface area (Å²) in [7, 11) is 0. The molecule has 3 N–H and O–H groups in total. The molecule has 0 aliphatic heterocycles. The topological polar surface area (TPSA) is 68.0 Å². The van der Waals surface area contributed by atoms with Crippen LogP contribution in [-0.4, -0.2) is 15.9 Å². The fourth-order valence-corrected chi connectivity index (χ4v) is 2.31. The van der Waals surface area contributed by atoms with E-state index < -0.39 is 5.92 Å². The van der Waals surface area contributed by atoms with Crippen molar-refractivity contribution in [3.63, 3.8) is 0 Å². The first-order valence-electron chi connectivity index (χ1n) is 4.96. The molecular weight excluding hydrogens is 242 g/mol. The molecule has 1 atom stereocenters. The number of carbonyl (C=O) groups is 1. The highest BCUT2D eigenvalue weighted by atomic mass is 32.1. The van der Waals surface area contributed by atoms with E-state index in [1.165, 1.54) is 11.3 Å². The van der Waals surface area contributed by atoms with Crippen LogP contribution in [0.2, 0.25) is 0 Å². The molecule has 1 unspecified atom stereocenters. The molecule has 0 bridgehead atoms. The van der Waals surface area contributed by atoms with E-state index in [-0.39, 0.29) is 16.8 Å². The summed E-state index contributed by atoms with van der Waals surface area (Å²) < 4.78 is 0. The maximum atomic E-state index is 11.8. The number of carbonyl (C=O) groups excluding carboxylic acids is 1. The number of aromatic nitrogens is 1. The Labute approximate surface area is 104 Å². The number of rotatable bonds is 5. The van der Waals surface area contributed by atoms with Gasteiger partial charge in [0.15, 0.2) is 0 Å². The van der Waals surface area contributed by atoms with Gasteiger partial charge in [0.2, 0.25) is 5.91 Å². The molecule has 0 saturated heterocycles. The smallest absolute Gasteiger partial charge is 0.230 e. The molecule has 88 valence electrons. The summed E-state index contributed by atoms with van der Waals surface area (Å²) in [5.41, 5.74) is 8.13. The van der Waals surface area contributed by atoms with Crippen LogP contribution in [0.25, 0.3) is 0 Å². The molecule has 1 aromatic heterocycles. The maximum Gasteiger partial charge on any atom is 0.230 e. The Morgan fingerprint density at radius 1 is 1.69 bits per heavy atom. The Bertz CT molecular complexity index is 362. The highest BCUT2D eigenvalue weighted by Crippen LogP contribution is 2.11. The second-order valence-electron chi connectivity index (χ2n) is 3.82. The van der Waals surface area contributed by atoms with Crippen LogP contribution in [-0.2, 0) is 11.3 Å². The van der Waals surface area contributed by atoms with Gasteiger partial charge in [-0.1, -0.05) is 26.1 Å². The van der Waals surface area contributed by atoms with Crippen molar-refractivity contribution in [1.82, 2.24) is 10.3 Å². The molecular formula is C10H15N3OS2. The predicted octanol–water partition coefficient (Wildman–Crippen LogP) is 1.32. The van der Waals surface area contributed by atoms with Gasteiger partial charge in [-0.3, -0.25) is 4.79 Å². The molecule has 0 fully saturated rings. The van der Waals surface area contributed by atoms with Crippen molar-refractivity contribution in [2.45, 2.75) is 20.4 Å². The molecule has 0 aliphatic rings. The van der Waals surface area contributed by atoms with Gasteiger partial charge in [-0.2, -0.15) is 0 Å². The lowest BCUT2D eigenvalue weighted by atomic mass is 9.95. The maximum absolute atomic E-state index is 11.8. The van der Waals surface area contributed by atoms with Crippen LogP contribution in [0.4, 0.5) is 0 Å². The first kappa shape index (κ1) is 13.1. The Balaban J connectivity index is 2.53. The average molecular weight is 257 g/mol. The van der Waals surface area contributed by atoms with Gasteiger partial charge in [0.25, 0.3) is 0 Å². The van der Waals surface area contributed by atoms with E-state index in [2.05, 4.69) is 10.3 Å². The van der Waals surface area contributed by atoms with Crippen LogP contribution in [0.15, 0.2) is 10.9 Å². The van der Waals surface area contributed by atoms with Crippen LogP contribution in [0, 0.1) is 11.8 Å². The summed E-state index contributed by atoms with van der Waals surface area (Å²) >= 11 is 6.39. The zero-order valence-electron chi connectivity index (χ0n) is 9.27. The minimum absolute atomic E-state index is 0.105. The van der Waals surface area contributed by atoms with Crippen LogP contribution < -0.4 is 11.1 Å². The molecule has 1 rings (SSSR count). The Hall–Kier alpha value is -1.01. The number of thiocarbonyl (C=S) groups is 1. The van der Waals surface area contributed by atoms with Crippen LogP contribution in [0.1, 0.15) is 19.5 Å². The van der Waals surface area contributed by atoms with Gasteiger partial charge in [-0.25, -0.2) is 4.98 Å². The van der Waals surface area contributed by atoms with Crippen LogP contribution in [0.3, 0.4) is 0 Å². The SMILES string of the molecule is CC(C)C(C(=O)NCc1cscn1)C(N)=S. The average Bonchev–Trinajstić information content (AvgIpc) is 2.65. The number of nitrogens with two attached hydrogens (primary N) is 1. The zero-order chi connectivity index (χ0) is 12.1. The fraction of sp³-hybridized carbons (Fsp3) is 0.500. The molecule has 1 heterocycles. The number of amides is 1. The molecule has 0 aromatic carbocycles. The molecule has 0 aliphatic carbocycles. The first-order chi connectivity index (χ1) is 7.52. The second kappa shape index (κ2) is 5.91. The predicted molar refractivity (Wildman–Crippen MR) is 69.1 cm³/mol. The second-order valence-corrected chi connectivity index (χ2v) is 5.01. The summed E-state index contributed by atoms with van der Waals surface area (Å²) in [6.45, 7) is 4.27. The lowest BCUT2D eigenvalue weighted by molar-refractivity contribution is -0.124. The third kappa shape index (κ3) is 3.53. The number of hydrogen-bond acceptors (Lipinski definition) is 4. The van der Waals surface area contributed by atoms with Crippen molar-refractivity contribution in [1.29, 1.82) is 0 Å². The highest BCUT2D eigenvalue weighted by molar-refractivity contribution is 7.80. The van der Waals surface area contributed by atoms with Gasteiger partial charge in [-0.05, 0) is 5.92 Å². The van der Waals surface area contributed by atoms with Crippen molar-refractivity contribution in [3.05, 3.63) is 16.6 Å². The van der Waals surface area contributed by atoms with Gasteiger partial charge in [-0.15, -0.1) is 11.3 Å². The molecule has 1 amide bonds. The quantitative estimate of drug-likeness (QED) is 0.781. The molecule has 16 heavy (non-hydrogen) atoms. The van der Waals surface area contributed by atoms with Crippen LogP contribution in [0.5, 0.6) is 0 Å². The Kier molecular flexibility index (Phi) is 4.82. The van der Waals surface area contributed by atoms with E-state index in [1.807, 2.05) is 19.2 Å². The van der Waals surface area contributed by atoms with Crippen molar-refractivity contribution >= 4 is 34.5 Å². The normalized spacial score (nSPS) is 12.4. The van der Waals surface area contributed by atoms with Crippen molar-refractivity contribution < 1.29 is 4.79 Å². The number of nitrogens with one attached hydrogen (secondary N) is 1. The summed E-state index contributed by atoms with van der Waals surface area (Å²) in [4.78, 5) is 16.1. The zero-order valence-corrected chi connectivity index (χ0v) is 10.9. The number of nitrogens with zero attached hydrogens (tertiary/aromatic N) is 1. The lowest BCUT2D eigenvalue weighted by Crippen LogP contribution is -2.40. The summed E-state index contributed by atoms with van der Waals surface area (Å²) in [6.07, 6.45) is 0. The first-order valence-corrected chi connectivity index (χ1v) is 6.31. The molecule has 0 spiro atoms. The molecule has 0 saturated carbocycles.